The van der Waals surface area contributed by atoms with E-state index in [0.29, 0.717) is 13.1 Å². The SMILES string of the molecule is CCn1cc([C@@H]2O[C@H](CO)C(O)[C@@H]2O)c(=O)[nH]c1=O.CCn1cc([C@@H]2O[C@H](COP(=S)(Cl)Cl)C(O)[C@@H]2O)c(=O)[nH]c1=O.CCn1cc([C@@H]2O[C@H](COP(O)(=S)OP(=O)(O)OP(=O)(O)O)C(O)[C@@H]2O)c(=O)[nH]c1=O.CCn1cc([C@@H]2O[C@H](COP3(=S)OP(=O)(O)OP(=O)(O)O3)C(O)[C@@H]2O)c(=O)[nH]c1=O. The summed E-state index contributed by atoms with van der Waals surface area (Å²) in [6.45, 7) is -3.42. The van der Waals surface area contributed by atoms with Crippen molar-refractivity contribution in [2.75, 3.05) is 26.4 Å². The van der Waals surface area contributed by atoms with Crippen molar-refractivity contribution in [1.82, 2.24) is 38.2 Å². The van der Waals surface area contributed by atoms with Crippen LogP contribution in [0.3, 0.4) is 0 Å². The molecule has 0 aliphatic carbocycles. The lowest BCUT2D eigenvalue weighted by atomic mass is 10.0. The highest BCUT2D eigenvalue weighted by Gasteiger charge is 2.54. The number of hydrogen-bond acceptors (Lipinski definition) is 36. The number of aromatic amines is 4. The van der Waals surface area contributed by atoms with Crippen molar-refractivity contribution in [2.24, 2.45) is 0 Å². The van der Waals surface area contributed by atoms with E-state index < -0.39 is 212 Å². The van der Waals surface area contributed by atoms with Crippen LogP contribution >= 0.6 is 72.2 Å². The predicted octanol–water partition coefficient (Wildman–Crippen LogP) is -4.45. The quantitative estimate of drug-likeness (QED) is 0.0330. The number of aromatic nitrogens is 8. The maximum Gasteiger partial charge on any atom is 0.488 e. The van der Waals surface area contributed by atoms with Crippen LogP contribution in [-0.2, 0) is 134 Å². The van der Waals surface area contributed by atoms with Gasteiger partial charge in [-0.05, 0) is 85.6 Å². The second kappa shape index (κ2) is 35.8. The summed E-state index contributed by atoms with van der Waals surface area (Å²) >= 11 is 25.1. The van der Waals surface area contributed by atoms with Crippen LogP contribution in [0.15, 0.2) is 63.1 Å². The number of H-pyrrole nitrogens is 4. The Balaban J connectivity index is 0.000000219. The molecule has 5 fully saturated rings. The third kappa shape index (κ3) is 23.6. The molecular formula is C44H67Cl2N8O39P7S3. The molecule has 5 aliphatic heterocycles. The standard InChI is InChI=1S/C11H15Cl2N2O6PS.C11H19N2O14P3S.C11H17N2O13P3S.C11H16N2O6/c1-2-15-3-5(10(18)14-11(15)19)9-8(17)7(16)6(21-9)4-20-22(12,13)23;1-2-13-3-5(10(16)12-11(13)17)9-8(15)7(14)6(25-9)4-24-30(23,31)27-29(21,22)26-28(18,19)20;1-2-13-3-5(10(16)12-11(13)17)9-8(15)7(14)6(23-9)4-22-29(30)25-27(18,19)24-28(20,21)26-29;1-2-13-3-5(10(17)12-11(13)18)9-8(16)7(15)6(4-14)19-9/h3,6-9,16-17H,2,4H2,1H3,(H,14,18,19);3,6-9,14-15H,2,4H2,1H3,(H,21,22)(H,23,31)(H,12,16,17)(H2,18,19,20);3,6-9,14-15H,2,4H2,1H3,(H,18,19)(H,20,21)(H,12,16,17);3,6-9,14-16H,2,4H2,1H3,(H,12,17,18)/t6-,7?,8+,9+;6-,7?,8+,9+,30?;2*6-,7?,8+,9+/m1111/s1. The molecule has 20 atom stereocenters. The van der Waals surface area contributed by atoms with Gasteiger partial charge in [0.05, 0.1) is 48.7 Å². The van der Waals surface area contributed by atoms with Gasteiger partial charge in [-0.3, -0.25) is 39.1 Å². The first-order chi connectivity index (χ1) is 47.4. The number of aliphatic hydroxyl groups excluding tert-OH is 9. The number of halogens is 2. The zero-order chi connectivity index (χ0) is 77.8. The van der Waals surface area contributed by atoms with E-state index in [2.05, 4.69) is 48.3 Å². The molecule has 9 heterocycles. The Kier molecular flexibility index (Phi) is 31.0. The molecule has 5 saturated heterocycles. The molecule has 103 heavy (non-hydrogen) atoms. The lowest BCUT2D eigenvalue weighted by Gasteiger charge is -2.30. The van der Waals surface area contributed by atoms with E-state index in [1.807, 2.05) is 4.98 Å². The van der Waals surface area contributed by atoms with Crippen LogP contribution in [-0.4, -0.2) is 213 Å². The molecule has 0 aromatic carbocycles. The molecule has 4 aromatic heterocycles. The number of aliphatic hydroxyl groups is 9. The summed E-state index contributed by atoms with van der Waals surface area (Å²) in [6.07, 6.45) is -16.7. The molecule has 0 saturated carbocycles. The van der Waals surface area contributed by atoms with Crippen molar-refractivity contribution in [3.05, 3.63) is 130 Å². The van der Waals surface area contributed by atoms with Crippen molar-refractivity contribution in [3.63, 3.8) is 0 Å². The Morgan fingerprint density at radius 3 is 1.03 bits per heavy atom. The second-order valence-electron chi connectivity index (χ2n) is 21.5. The van der Waals surface area contributed by atoms with Gasteiger partial charge < -0.3 is 126 Å². The highest BCUT2D eigenvalue weighted by Crippen LogP contribution is 2.80. The maximum absolute atomic E-state index is 12.1. The van der Waals surface area contributed by atoms with Crippen molar-refractivity contribution in [1.29, 1.82) is 0 Å². The van der Waals surface area contributed by atoms with Gasteiger partial charge in [-0.15, -0.1) is 0 Å². The molecule has 0 bridgehead atoms. The van der Waals surface area contributed by atoms with E-state index in [9.17, 15) is 117 Å². The fraction of sp³-hybridized carbons (Fsp3) is 0.636. The summed E-state index contributed by atoms with van der Waals surface area (Å²) in [4.78, 5) is 154. The van der Waals surface area contributed by atoms with Crippen LogP contribution in [0.1, 0.15) is 74.4 Å². The smallest absolute Gasteiger partial charge is 0.394 e. The molecule has 47 nitrogen and oxygen atoms in total. The van der Waals surface area contributed by atoms with Gasteiger partial charge in [0.1, 0.15) is 97.7 Å². The monoisotopic (exact) mass is 1710 g/mol. The largest absolute Gasteiger partial charge is 0.488 e. The molecule has 59 heteroatoms. The summed E-state index contributed by atoms with van der Waals surface area (Å²) < 4.78 is 107. The zero-order valence-corrected chi connectivity index (χ0v) is 62.8. The molecule has 9 rings (SSSR count). The minimum Gasteiger partial charge on any atom is -0.394 e. The first-order valence-electron chi connectivity index (χ1n) is 28.9. The molecule has 0 radical (unpaired) electrons. The first kappa shape index (κ1) is 89.0. The molecule has 584 valence electrons. The highest BCUT2D eigenvalue weighted by molar-refractivity contribution is 8.36. The Labute approximate surface area is 598 Å². The van der Waals surface area contributed by atoms with Crippen LogP contribution in [0.2, 0.25) is 0 Å². The molecule has 8 unspecified atom stereocenters. The average Bonchev–Trinajstić information content (AvgIpc) is 1.75. The van der Waals surface area contributed by atoms with Crippen LogP contribution in [0.4, 0.5) is 0 Å². The summed E-state index contributed by atoms with van der Waals surface area (Å²) in [6, 6.07) is 0. The van der Waals surface area contributed by atoms with Crippen LogP contribution in [0, 0.1) is 0 Å². The van der Waals surface area contributed by atoms with Crippen molar-refractivity contribution in [3.8, 4) is 0 Å². The fourth-order valence-corrected chi connectivity index (χ4v) is 21.2. The number of nitrogens with zero attached hydrogens (tertiary/aromatic N) is 4. The third-order valence-electron chi connectivity index (χ3n) is 14.6. The summed E-state index contributed by atoms with van der Waals surface area (Å²) in [5.41, 5.74) is -5.85. The van der Waals surface area contributed by atoms with E-state index in [-0.39, 0.29) is 42.0 Å². The van der Waals surface area contributed by atoms with Crippen LogP contribution in [0.25, 0.3) is 0 Å². The van der Waals surface area contributed by atoms with E-state index >= 15 is 0 Å². The summed E-state index contributed by atoms with van der Waals surface area (Å²) in [7, 11) is -21.1. The highest BCUT2D eigenvalue weighted by atomic mass is 35.9. The number of nitrogens with one attached hydrogen (secondary N) is 4. The minimum absolute atomic E-state index is 0.0247. The Morgan fingerprint density at radius 1 is 0.476 bits per heavy atom. The van der Waals surface area contributed by atoms with Gasteiger partial charge >= 0.3 is 67.5 Å². The van der Waals surface area contributed by atoms with Crippen LogP contribution in [0.5, 0.6) is 0 Å². The van der Waals surface area contributed by atoms with Crippen LogP contribution < -0.4 is 45.0 Å². The van der Waals surface area contributed by atoms with Gasteiger partial charge in [-0.25, -0.2) is 50.4 Å². The lowest BCUT2D eigenvalue weighted by molar-refractivity contribution is -0.0233. The van der Waals surface area contributed by atoms with E-state index in [1.54, 1.807) is 27.7 Å². The Bertz CT molecular complexity index is 4540. The number of aryl methyl sites for hydroxylation is 4. The first-order valence-corrected chi connectivity index (χ1v) is 44.6. The Morgan fingerprint density at radius 2 is 0.757 bits per heavy atom. The maximum atomic E-state index is 12.1. The van der Waals surface area contributed by atoms with Gasteiger partial charge in [0.2, 0.25) is 4.97 Å². The number of rotatable bonds is 22. The van der Waals surface area contributed by atoms with E-state index in [0.717, 1.165) is 15.3 Å². The van der Waals surface area contributed by atoms with E-state index in [1.165, 1.54) is 27.7 Å². The van der Waals surface area contributed by atoms with Crippen molar-refractivity contribution >= 4 is 108 Å². The lowest BCUT2D eigenvalue weighted by Crippen LogP contribution is -2.36. The molecular weight excluding hydrogens is 1650 g/mol. The van der Waals surface area contributed by atoms with E-state index in [4.69, 9.17) is 93.5 Å². The van der Waals surface area contributed by atoms with Gasteiger partial charge in [0.15, 0.2) is 0 Å². The summed E-state index contributed by atoms with van der Waals surface area (Å²) in [5, 5.41) is 89.4. The molecule has 4 aromatic rings. The Hall–Kier alpha value is -2.91. The molecule has 5 aliphatic rings. The minimum atomic E-state index is -5.53. The van der Waals surface area contributed by atoms with Gasteiger partial charge in [-0.1, -0.05) is 0 Å². The third-order valence-corrected chi connectivity index (χ3v) is 27.5. The normalized spacial score (nSPS) is 32.6. The second-order valence-corrected chi connectivity index (χ2v) is 40.9. The van der Waals surface area contributed by atoms with Crippen molar-refractivity contribution < 1.29 is 148 Å². The van der Waals surface area contributed by atoms with Crippen molar-refractivity contribution in [2.45, 2.75) is 152 Å². The zero-order valence-electron chi connectivity index (χ0n) is 52.6. The fourth-order valence-electron chi connectivity index (χ4n) is 9.71. The van der Waals surface area contributed by atoms with Gasteiger partial charge in [0, 0.05) is 51.0 Å². The number of hydrogen-bond donors (Lipinski definition) is 19. The number of phosphoric acid groups is 4. The molecule has 19 N–H and O–H groups in total. The average molecular weight is 1720 g/mol. The summed E-state index contributed by atoms with van der Waals surface area (Å²) in [5.74, 6) is 0. The molecule has 0 amide bonds. The molecule has 0 spiro atoms. The van der Waals surface area contributed by atoms with Gasteiger partial charge in [0.25, 0.3) is 22.2 Å². The topological polar surface area (TPSA) is 702 Å². The predicted molar refractivity (Wildman–Crippen MR) is 355 cm³/mol. The van der Waals surface area contributed by atoms with Gasteiger partial charge in [-0.2, -0.15) is 8.62 Å². The number of ether oxygens (including phenoxy) is 4.